The molecule has 1 saturated carbocycles. The van der Waals surface area contributed by atoms with Gasteiger partial charge in [-0.2, -0.15) is 0 Å². The highest BCUT2D eigenvalue weighted by molar-refractivity contribution is 9.10. The second kappa shape index (κ2) is 9.13. The van der Waals surface area contributed by atoms with Crippen molar-refractivity contribution in [2.24, 2.45) is 0 Å². The van der Waals surface area contributed by atoms with Crippen LogP contribution in [-0.2, 0) is 0 Å². The van der Waals surface area contributed by atoms with Gasteiger partial charge in [-0.25, -0.2) is 9.67 Å². The Labute approximate surface area is 151 Å². The zero-order chi connectivity index (χ0) is 17.5. The predicted octanol–water partition coefficient (Wildman–Crippen LogP) is 4.04. The van der Waals surface area contributed by atoms with E-state index in [0.717, 1.165) is 28.7 Å². The first-order valence-electron chi connectivity index (χ1n) is 8.42. The van der Waals surface area contributed by atoms with E-state index in [-0.39, 0.29) is 0 Å². The molecule has 1 fully saturated rings. The summed E-state index contributed by atoms with van der Waals surface area (Å²) in [5.41, 5.74) is 2.92. The van der Waals surface area contributed by atoms with E-state index in [0.29, 0.717) is 12.1 Å². The van der Waals surface area contributed by atoms with Crippen LogP contribution < -0.4 is 5.32 Å². The van der Waals surface area contributed by atoms with Crippen LogP contribution in [0.5, 0.6) is 0 Å². The number of hydrogen-bond acceptors (Lipinski definition) is 5. The van der Waals surface area contributed by atoms with Crippen molar-refractivity contribution in [3.8, 4) is 11.3 Å². The van der Waals surface area contributed by atoms with E-state index in [4.69, 9.17) is 5.11 Å². The summed E-state index contributed by atoms with van der Waals surface area (Å²) >= 11 is 3.43. The van der Waals surface area contributed by atoms with Gasteiger partial charge in [-0.05, 0) is 48.7 Å². The van der Waals surface area contributed by atoms with E-state index in [9.17, 15) is 0 Å². The summed E-state index contributed by atoms with van der Waals surface area (Å²) in [4.78, 5) is 4.34. The molecule has 24 heavy (non-hydrogen) atoms. The van der Waals surface area contributed by atoms with Gasteiger partial charge in [-0.3, -0.25) is 0 Å². The predicted molar refractivity (Wildman–Crippen MR) is 100.0 cm³/mol. The summed E-state index contributed by atoms with van der Waals surface area (Å²) in [5.74, 6) is 0. The lowest BCUT2D eigenvalue weighted by Crippen LogP contribution is -2.13. The van der Waals surface area contributed by atoms with Gasteiger partial charge in [-0.15, -0.1) is 5.10 Å². The van der Waals surface area contributed by atoms with Crippen LogP contribution in [0.15, 0.2) is 23.1 Å². The Balaban J connectivity index is 0.00000100. The Hall–Kier alpha value is -1.47. The van der Waals surface area contributed by atoms with Gasteiger partial charge in [-0.1, -0.05) is 24.5 Å². The maximum absolute atomic E-state index is 7.00. The molecular formula is C17H26BrN5O. The van der Waals surface area contributed by atoms with Gasteiger partial charge >= 0.3 is 0 Å². The minimum Gasteiger partial charge on any atom is -0.400 e. The van der Waals surface area contributed by atoms with Gasteiger partial charge in [0, 0.05) is 30.6 Å². The van der Waals surface area contributed by atoms with E-state index in [1.54, 1.807) is 0 Å². The molecule has 6 nitrogen and oxygen atoms in total. The molecule has 1 aliphatic rings. The Morgan fingerprint density at radius 3 is 2.62 bits per heavy atom. The van der Waals surface area contributed by atoms with E-state index in [1.165, 1.54) is 32.1 Å². The number of aromatic nitrogens is 4. The number of nitrogens with one attached hydrogen (secondary N) is 1. The number of anilines is 1. The lowest BCUT2D eigenvalue weighted by molar-refractivity contribution is 0.324. The lowest BCUT2D eigenvalue weighted by atomic mass is 9.96. The first-order chi connectivity index (χ1) is 11.6. The van der Waals surface area contributed by atoms with Gasteiger partial charge in [0.25, 0.3) is 0 Å². The van der Waals surface area contributed by atoms with Crippen LogP contribution in [0.3, 0.4) is 0 Å². The number of rotatable bonds is 4. The molecule has 3 rings (SSSR count). The normalized spacial score (nSPS) is 15.1. The molecule has 132 valence electrons. The van der Waals surface area contributed by atoms with Crippen LogP contribution in [-0.4, -0.2) is 38.2 Å². The standard InChI is InChI=1S/C16H22BrN5.CH4O/c1-11(2)19-14-8-16(17)18-9-13(14)15-10-22(21-20-15)12-6-4-3-5-7-12;1-2/h8-12H,3-7H2,1-2H3,(H,18,19);2H,1H3. The maximum Gasteiger partial charge on any atom is 0.116 e. The van der Waals surface area contributed by atoms with Crippen LogP contribution in [0, 0.1) is 0 Å². The molecule has 0 aromatic carbocycles. The van der Waals surface area contributed by atoms with Crippen molar-refractivity contribution < 1.29 is 5.11 Å². The van der Waals surface area contributed by atoms with Crippen molar-refractivity contribution >= 4 is 21.6 Å². The third-order valence-electron chi connectivity index (χ3n) is 4.05. The van der Waals surface area contributed by atoms with Gasteiger partial charge in [0.2, 0.25) is 0 Å². The van der Waals surface area contributed by atoms with Crippen molar-refractivity contribution in [2.45, 2.75) is 58.0 Å². The van der Waals surface area contributed by atoms with Crippen LogP contribution in [0.1, 0.15) is 52.0 Å². The van der Waals surface area contributed by atoms with Crippen LogP contribution in [0.4, 0.5) is 5.69 Å². The molecule has 0 radical (unpaired) electrons. The first kappa shape index (κ1) is 18.9. The molecule has 0 atom stereocenters. The molecule has 0 unspecified atom stereocenters. The number of aliphatic hydroxyl groups is 1. The Morgan fingerprint density at radius 2 is 1.96 bits per heavy atom. The van der Waals surface area contributed by atoms with Crippen molar-refractivity contribution in [3.63, 3.8) is 0 Å². The summed E-state index contributed by atoms with van der Waals surface area (Å²) < 4.78 is 2.86. The fourth-order valence-electron chi connectivity index (χ4n) is 2.99. The second-order valence-electron chi connectivity index (χ2n) is 6.23. The molecular weight excluding hydrogens is 370 g/mol. The van der Waals surface area contributed by atoms with E-state index < -0.39 is 0 Å². The molecule has 2 aromatic rings. The topological polar surface area (TPSA) is 75.9 Å². The van der Waals surface area contributed by atoms with Gasteiger partial charge in [0.05, 0.1) is 12.2 Å². The average Bonchev–Trinajstić information content (AvgIpc) is 3.07. The van der Waals surface area contributed by atoms with Crippen molar-refractivity contribution in [3.05, 3.63) is 23.1 Å². The quantitative estimate of drug-likeness (QED) is 0.763. The summed E-state index contributed by atoms with van der Waals surface area (Å²) in [7, 11) is 1.00. The number of hydrogen-bond donors (Lipinski definition) is 2. The van der Waals surface area contributed by atoms with Crippen molar-refractivity contribution in [1.82, 2.24) is 20.0 Å². The maximum atomic E-state index is 7.00. The van der Waals surface area contributed by atoms with Crippen LogP contribution in [0.25, 0.3) is 11.3 Å². The Morgan fingerprint density at radius 1 is 1.25 bits per heavy atom. The van der Waals surface area contributed by atoms with Crippen molar-refractivity contribution in [2.75, 3.05) is 12.4 Å². The molecule has 0 aliphatic heterocycles. The fraction of sp³-hybridized carbons (Fsp3) is 0.588. The SMILES string of the molecule is CC(C)Nc1cc(Br)ncc1-c1cn(C2CCCCC2)nn1.CO. The van der Waals surface area contributed by atoms with Gasteiger partial charge < -0.3 is 10.4 Å². The minimum atomic E-state index is 0.349. The molecule has 2 N–H and O–H groups in total. The highest BCUT2D eigenvalue weighted by atomic mass is 79.9. The highest BCUT2D eigenvalue weighted by Crippen LogP contribution is 2.31. The summed E-state index contributed by atoms with van der Waals surface area (Å²) in [6.07, 6.45) is 10.3. The smallest absolute Gasteiger partial charge is 0.116 e. The zero-order valence-corrected chi connectivity index (χ0v) is 16.1. The van der Waals surface area contributed by atoms with Crippen LogP contribution >= 0.6 is 15.9 Å². The Kier molecular flexibility index (Phi) is 7.17. The summed E-state index contributed by atoms with van der Waals surface area (Å²) in [6, 6.07) is 2.84. The third-order valence-corrected chi connectivity index (χ3v) is 4.48. The minimum absolute atomic E-state index is 0.349. The average molecular weight is 396 g/mol. The molecule has 2 heterocycles. The van der Waals surface area contributed by atoms with E-state index in [1.807, 2.05) is 16.9 Å². The van der Waals surface area contributed by atoms with Gasteiger partial charge in [0.1, 0.15) is 10.3 Å². The monoisotopic (exact) mass is 395 g/mol. The first-order valence-corrected chi connectivity index (χ1v) is 9.22. The molecule has 0 spiro atoms. The fourth-order valence-corrected chi connectivity index (χ4v) is 3.32. The largest absolute Gasteiger partial charge is 0.400 e. The number of nitrogens with zero attached hydrogens (tertiary/aromatic N) is 4. The molecule has 7 heteroatoms. The zero-order valence-electron chi connectivity index (χ0n) is 14.5. The molecule has 0 amide bonds. The van der Waals surface area contributed by atoms with E-state index >= 15 is 0 Å². The second-order valence-corrected chi connectivity index (χ2v) is 7.04. The molecule has 1 aliphatic carbocycles. The Bertz CT molecular complexity index is 638. The van der Waals surface area contributed by atoms with E-state index in [2.05, 4.69) is 56.6 Å². The van der Waals surface area contributed by atoms with Gasteiger partial charge in [0.15, 0.2) is 0 Å². The number of pyridine rings is 1. The van der Waals surface area contributed by atoms with Crippen molar-refractivity contribution in [1.29, 1.82) is 0 Å². The number of halogens is 1. The van der Waals surface area contributed by atoms with Crippen LogP contribution in [0.2, 0.25) is 0 Å². The lowest BCUT2D eigenvalue weighted by Gasteiger charge is -2.21. The highest BCUT2D eigenvalue weighted by Gasteiger charge is 2.18. The summed E-state index contributed by atoms with van der Waals surface area (Å²) in [5, 5.41) is 19.2. The third kappa shape index (κ3) is 4.77. The number of aliphatic hydroxyl groups excluding tert-OH is 1. The molecule has 0 bridgehead atoms. The summed E-state index contributed by atoms with van der Waals surface area (Å²) in [6.45, 7) is 4.24. The molecule has 2 aromatic heterocycles. The molecule has 0 saturated heterocycles.